The predicted molar refractivity (Wildman–Crippen MR) is 32.9 cm³/mol. The van der Waals surface area contributed by atoms with Crippen LogP contribution in [0.1, 0.15) is 6.42 Å². The van der Waals surface area contributed by atoms with E-state index in [1.54, 1.807) is 0 Å². The Balaban J connectivity index is 2.63. The van der Waals surface area contributed by atoms with Crippen LogP contribution in [-0.4, -0.2) is 39.9 Å². The largest absolute Gasteiger partial charge is 0.480 e. The zero-order valence-corrected chi connectivity index (χ0v) is 5.40. The Bertz CT molecular complexity index is 140. The van der Waals surface area contributed by atoms with Gasteiger partial charge in [-0.15, -0.1) is 0 Å². The normalized spacial score (nSPS) is 34.6. The van der Waals surface area contributed by atoms with E-state index in [2.05, 4.69) is 0 Å². The molecule has 10 heavy (non-hydrogen) atoms. The number of nitrogens with two attached hydrogens (primary N) is 1. The van der Waals surface area contributed by atoms with E-state index >= 15 is 0 Å². The van der Waals surface area contributed by atoms with Gasteiger partial charge in [0, 0.05) is 6.54 Å². The SMILES string of the molecule is NN1CCC(O)[C@H]1C(=O)O. The molecule has 58 valence electrons. The molecule has 0 aromatic heterocycles. The minimum absolute atomic E-state index is 0.438. The molecule has 0 bridgehead atoms. The zero-order chi connectivity index (χ0) is 7.72. The zero-order valence-electron chi connectivity index (χ0n) is 5.40. The minimum atomic E-state index is -1.06. The molecule has 5 nitrogen and oxygen atoms in total. The van der Waals surface area contributed by atoms with Gasteiger partial charge in [0.15, 0.2) is 0 Å². The minimum Gasteiger partial charge on any atom is -0.480 e. The van der Waals surface area contributed by atoms with Crippen molar-refractivity contribution in [3.63, 3.8) is 0 Å². The summed E-state index contributed by atoms with van der Waals surface area (Å²) in [5, 5.41) is 18.6. The molecule has 1 unspecified atom stereocenters. The van der Waals surface area contributed by atoms with E-state index in [4.69, 9.17) is 16.1 Å². The third-order valence-corrected chi connectivity index (χ3v) is 1.66. The van der Waals surface area contributed by atoms with E-state index in [-0.39, 0.29) is 0 Å². The number of carboxylic acids is 1. The monoisotopic (exact) mass is 146 g/mol. The highest BCUT2D eigenvalue weighted by molar-refractivity contribution is 5.74. The highest BCUT2D eigenvalue weighted by Crippen LogP contribution is 2.13. The van der Waals surface area contributed by atoms with Gasteiger partial charge in [0.25, 0.3) is 0 Å². The van der Waals surface area contributed by atoms with Crippen molar-refractivity contribution in [1.82, 2.24) is 5.01 Å². The second-order valence-corrected chi connectivity index (χ2v) is 2.38. The van der Waals surface area contributed by atoms with E-state index < -0.39 is 18.1 Å². The lowest BCUT2D eigenvalue weighted by molar-refractivity contribution is -0.145. The standard InChI is InChI=1S/C5H10N2O3/c6-7-2-1-3(8)4(7)5(9)10/h3-4,8H,1-2,6H2,(H,9,10)/t3?,4-/m0/s1. The summed E-state index contributed by atoms with van der Waals surface area (Å²) in [5.74, 6) is 4.20. The number of hydrogen-bond acceptors (Lipinski definition) is 4. The van der Waals surface area contributed by atoms with E-state index in [0.717, 1.165) is 5.01 Å². The fraction of sp³-hybridized carbons (Fsp3) is 0.800. The summed E-state index contributed by atoms with van der Waals surface area (Å²) in [6.45, 7) is 0.443. The molecular weight excluding hydrogens is 136 g/mol. The van der Waals surface area contributed by atoms with Gasteiger partial charge in [-0.2, -0.15) is 0 Å². The highest BCUT2D eigenvalue weighted by atomic mass is 16.4. The lowest BCUT2D eigenvalue weighted by Crippen LogP contribution is -2.45. The Kier molecular flexibility index (Phi) is 1.89. The van der Waals surface area contributed by atoms with Gasteiger partial charge in [-0.3, -0.25) is 10.6 Å². The molecule has 0 radical (unpaired) electrons. The summed E-state index contributed by atoms with van der Waals surface area (Å²) in [4.78, 5) is 10.3. The third-order valence-electron chi connectivity index (χ3n) is 1.66. The van der Waals surface area contributed by atoms with Crippen LogP contribution in [-0.2, 0) is 4.79 Å². The second kappa shape index (κ2) is 2.53. The Morgan fingerprint density at radius 2 is 2.30 bits per heavy atom. The number of rotatable bonds is 1. The van der Waals surface area contributed by atoms with Gasteiger partial charge < -0.3 is 10.2 Å². The Morgan fingerprint density at radius 1 is 1.70 bits per heavy atom. The lowest BCUT2D eigenvalue weighted by atomic mass is 10.2. The van der Waals surface area contributed by atoms with Crippen molar-refractivity contribution in [3.8, 4) is 0 Å². The van der Waals surface area contributed by atoms with Crippen molar-refractivity contribution in [3.05, 3.63) is 0 Å². The first-order valence-electron chi connectivity index (χ1n) is 3.05. The quantitative estimate of drug-likeness (QED) is 0.387. The first-order chi connectivity index (χ1) is 4.63. The van der Waals surface area contributed by atoms with E-state index in [1.165, 1.54) is 0 Å². The third kappa shape index (κ3) is 1.11. The maximum atomic E-state index is 10.3. The van der Waals surface area contributed by atoms with Crippen LogP contribution >= 0.6 is 0 Å². The molecule has 0 amide bonds. The van der Waals surface area contributed by atoms with Gasteiger partial charge in [0.05, 0.1) is 6.10 Å². The molecule has 1 rings (SSSR count). The molecule has 0 aromatic rings. The summed E-state index contributed by atoms with van der Waals surface area (Å²) >= 11 is 0. The molecular formula is C5H10N2O3. The average Bonchev–Trinajstić information content (AvgIpc) is 2.11. The fourth-order valence-corrected chi connectivity index (χ4v) is 1.11. The van der Waals surface area contributed by atoms with Crippen molar-refractivity contribution >= 4 is 5.97 Å². The van der Waals surface area contributed by atoms with Crippen LogP contribution in [0.25, 0.3) is 0 Å². The summed E-state index contributed by atoms with van der Waals surface area (Å²) < 4.78 is 0. The molecule has 2 atom stereocenters. The molecule has 5 heteroatoms. The first-order valence-corrected chi connectivity index (χ1v) is 3.05. The molecule has 0 aromatic carbocycles. The molecule has 1 fully saturated rings. The fourth-order valence-electron chi connectivity index (χ4n) is 1.11. The van der Waals surface area contributed by atoms with Gasteiger partial charge in [-0.05, 0) is 6.42 Å². The predicted octanol–water partition coefficient (Wildman–Crippen LogP) is -1.62. The van der Waals surface area contributed by atoms with Crippen molar-refractivity contribution in [2.45, 2.75) is 18.6 Å². The van der Waals surface area contributed by atoms with Crippen molar-refractivity contribution in [1.29, 1.82) is 0 Å². The number of hydrogen-bond donors (Lipinski definition) is 3. The summed E-state index contributed by atoms with van der Waals surface area (Å²) in [5.41, 5.74) is 0. The van der Waals surface area contributed by atoms with Crippen molar-refractivity contribution in [2.75, 3.05) is 6.54 Å². The van der Waals surface area contributed by atoms with Crippen molar-refractivity contribution < 1.29 is 15.0 Å². The Morgan fingerprint density at radius 3 is 2.50 bits per heavy atom. The van der Waals surface area contributed by atoms with Crippen LogP contribution in [0.3, 0.4) is 0 Å². The van der Waals surface area contributed by atoms with Crippen LogP contribution in [0.15, 0.2) is 0 Å². The lowest BCUT2D eigenvalue weighted by Gasteiger charge is -2.15. The Labute approximate surface area is 58.0 Å². The summed E-state index contributed by atoms with van der Waals surface area (Å²) in [7, 11) is 0. The maximum absolute atomic E-state index is 10.3. The number of nitrogens with zero attached hydrogens (tertiary/aromatic N) is 1. The number of aliphatic hydroxyl groups excluding tert-OH is 1. The topological polar surface area (TPSA) is 86.8 Å². The van der Waals surface area contributed by atoms with Gasteiger partial charge in [-0.25, -0.2) is 5.01 Å². The van der Waals surface area contributed by atoms with Crippen molar-refractivity contribution in [2.24, 2.45) is 5.84 Å². The number of aliphatic hydroxyl groups is 1. The number of carbonyl (C=O) groups is 1. The van der Waals surface area contributed by atoms with Crippen LogP contribution in [0.2, 0.25) is 0 Å². The van der Waals surface area contributed by atoms with Gasteiger partial charge in [-0.1, -0.05) is 0 Å². The maximum Gasteiger partial charge on any atom is 0.325 e. The number of hydrazine groups is 1. The summed E-state index contributed by atoms with van der Waals surface area (Å²) in [6, 6.07) is -0.917. The Hall–Kier alpha value is -0.650. The van der Waals surface area contributed by atoms with Gasteiger partial charge in [0.2, 0.25) is 0 Å². The molecule has 0 saturated carbocycles. The van der Waals surface area contributed by atoms with Crippen LogP contribution in [0, 0.1) is 0 Å². The molecule has 0 aliphatic carbocycles. The van der Waals surface area contributed by atoms with Gasteiger partial charge >= 0.3 is 5.97 Å². The molecule has 1 saturated heterocycles. The summed E-state index contributed by atoms with van der Waals surface area (Å²) in [6.07, 6.45) is -0.379. The molecule has 1 heterocycles. The first kappa shape index (κ1) is 7.46. The second-order valence-electron chi connectivity index (χ2n) is 2.38. The number of aliphatic carboxylic acids is 1. The highest BCUT2D eigenvalue weighted by Gasteiger charge is 2.36. The molecule has 1 aliphatic heterocycles. The number of carboxylic acid groups (broad SMARTS) is 1. The van der Waals surface area contributed by atoms with Crippen LogP contribution in [0.5, 0.6) is 0 Å². The van der Waals surface area contributed by atoms with Gasteiger partial charge in [0.1, 0.15) is 6.04 Å². The van der Waals surface area contributed by atoms with E-state index in [9.17, 15) is 4.79 Å². The molecule has 1 aliphatic rings. The molecule has 4 N–H and O–H groups in total. The van der Waals surface area contributed by atoms with E-state index in [1.807, 2.05) is 0 Å². The van der Waals surface area contributed by atoms with Crippen LogP contribution < -0.4 is 5.84 Å². The molecule has 0 spiro atoms. The average molecular weight is 146 g/mol. The van der Waals surface area contributed by atoms with Crippen LogP contribution in [0.4, 0.5) is 0 Å². The smallest absolute Gasteiger partial charge is 0.325 e. The van der Waals surface area contributed by atoms with E-state index in [0.29, 0.717) is 13.0 Å².